The first-order valence-corrected chi connectivity index (χ1v) is 6.89. The molecule has 4 heteroatoms. The molecule has 0 spiro atoms. The fraction of sp³-hybridized carbons (Fsp3) is 0.533. The largest absolute Gasteiger partial charge is 0.372 e. The number of rotatable bonds is 6. The summed E-state index contributed by atoms with van der Waals surface area (Å²) in [4.78, 5) is 14.1. The highest BCUT2D eigenvalue weighted by Crippen LogP contribution is 2.23. The van der Waals surface area contributed by atoms with Crippen LogP contribution in [0.1, 0.15) is 26.3 Å². The number of nitrogens with two attached hydrogens (primary N) is 1. The summed E-state index contributed by atoms with van der Waals surface area (Å²) in [6, 6.07) is 6.11. The average molecular weight is 263 g/mol. The topological polar surface area (TPSA) is 58.4 Å². The second-order valence-corrected chi connectivity index (χ2v) is 4.80. The van der Waals surface area contributed by atoms with Gasteiger partial charge < -0.3 is 16.0 Å². The monoisotopic (exact) mass is 263 g/mol. The smallest absolute Gasteiger partial charge is 0.228 e. The molecule has 1 unspecified atom stereocenters. The van der Waals surface area contributed by atoms with E-state index in [1.807, 2.05) is 26.0 Å². The first-order chi connectivity index (χ1) is 9.03. The third-order valence-corrected chi connectivity index (χ3v) is 3.40. The number of nitrogens with one attached hydrogen (secondary N) is 1. The van der Waals surface area contributed by atoms with Crippen LogP contribution in [0.4, 0.5) is 11.4 Å². The molecule has 0 aromatic heterocycles. The summed E-state index contributed by atoms with van der Waals surface area (Å²) in [5, 5.41) is 2.93. The van der Waals surface area contributed by atoms with Gasteiger partial charge in [0.15, 0.2) is 0 Å². The number of benzene rings is 1. The van der Waals surface area contributed by atoms with Gasteiger partial charge in [-0.3, -0.25) is 4.79 Å². The van der Waals surface area contributed by atoms with E-state index in [1.54, 1.807) is 0 Å². The molecule has 0 heterocycles. The van der Waals surface area contributed by atoms with Gasteiger partial charge in [-0.25, -0.2) is 0 Å². The zero-order valence-corrected chi connectivity index (χ0v) is 12.4. The van der Waals surface area contributed by atoms with Gasteiger partial charge in [0, 0.05) is 36.9 Å². The summed E-state index contributed by atoms with van der Waals surface area (Å²) in [6.07, 6.45) is 0. The minimum Gasteiger partial charge on any atom is -0.372 e. The van der Waals surface area contributed by atoms with Crippen LogP contribution in [-0.4, -0.2) is 25.5 Å². The van der Waals surface area contributed by atoms with Gasteiger partial charge in [-0.1, -0.05) is 6.92 Å². The maximum Gasteiger partial charge on any atom is 0.228 e. The molecule has 1 atom stereocenters. The Balaban J connectivity index is 2.86. The molecule has 1 aromatic rings. The van der Waals surface area contributed by atoms with Crippen molar-refractivity contribution in [1.82, 2.24) is 0 Å². The van der Waals surface area contributed by atoms with Crippen LogP contribution in [0.15, 0.2) is 18.2 Å². The maximum absolute atomic E-state index is 11.8. The van der Waals surface area contributed by atoms with Crippen LogP contribution in [0.3, 0.4) is 0 Å². The van der Waals surface area contributed by atoms with Crippen molar-refractivity contribution in [3.63, 3.8) is 0 Å². The van der Waals surface area contributed by atoms with Crippen molar-refractivity contribution < 1.29 is 4.79 Å². The SMILES string of the molecule is CCN(CC)c1ccc(NC(=O)C(C)CN)c(C)c1. The molecule has 1 rings (SSSR count). The summed E-state index contributed by atoms with van der Waals surface area (Å²) in [7, 11) is 0. The van der Waals surface area contributed by atoms with E-state index >= 15 is 0 Å². The van der Waals surface area contributed by atoms with Crippen molar-refractivity contribution in [2.75, 3.05) is 29.9 Å². The summed E-state index contributed by atoms with van der Waals surface area (Å²) in [5.41, 5.74) is 8.62. The number of hydrogen-bond acceptors (Lipinski definition) is 3. The Morgan fingerprint density at radius 1 is 1.37 bits per heavy atom. The Hall–Kier alpha value is -1.55. The van der Waals surface area contributed by atoms with Crippen LogP contribution < -0.4 is 16.0 Å². The Morgan fingerprint density at radius 3 is 2.47 bits per heavy atom. The lowest BCUT2D eigenvalue weighted by molar-refractivity contribution is -0.119. The van der Waals surface area contributed by atoms with E-state index in [0.717, 1.165) is 24.3 Å². The van der Waals surface area contributed by atoms with E-state index in [1.165, 1.54) is 5.69 Å². The van der Waals surface area contributed by atoms with Crippen LogP contribution >= 0.6 is 0 Å². The highest BCUT2D eigenvalue weighted by atomic mass is 16.1. The van der Waals surface area contributed by atoms with E-state index in [4.69, 9.17) is 5.73 Å². The van der Waals surface area contributed by atoms with Crippen molar-refractivity contribution >= 4 is 17.3 Å². The number of carbonyl (C=O) groups excluding carboxylic acids is 1. The van der Waals surface area contributed by atoms with Gasteiger partial charge in [-0.05, 0) is 44.5 Å². The molecule has 1 aromatic carbocycles. The highest BCUT2D eigenvalue weighted by molar-refractivity contribution is 5.93. The maximum atomic E-state index is 11.8. The number of amides is 1. The van der Waals surface area contributed by atoms with Gasteiger partial charge in [-0.2, -0.15) is 0 Å². The number of hydrogen-bond donors (Lipinski definition) is 2. The van der Waals surface area contributed by atoms with Crippen LogP contribution in [0.2, 0.25) is 0 Å². The Labute approximate surface area is 116 Å². The lowest BCUT2D eigenvalue weighted by Crippen LogP contribution is -2.27. The number of anilines is 2. The van der Waals surface area contributed by atoms with Crippen LogP contribution in [0.25, 0.3) is 0 Å². The number of nitrogens with zero attached hydrogens (tertiary/aromatic N) is 1. The van der Waals surface area contributed by atoms with Gasteiger partial charge in [0.25, 0.3) is 0 Å². The van der Waals surface area contributed by atoms with Crippen molar-refractivity contribution in [1.29, 1.82) is 0 Å². The number of aryl methyl sites for hydroxylation is 1. The zero-order chi connectivity index (χ0) is 14.4. The quantitative estimate of drug-likeness (QED) is 0.828. The van der Waals surface area contributed by atoms with Gasteiger partial charge >= 0.3 is 0 Å². The zero-order valence-electron chi connectivity index (χ0n) is 12.4. The fourth-order valence-corrected chi connectivity index (χ4v) is 1.94. The second-order valence-electron chi connectivity index (χ2n) is 4.80. The van der Waals surface area contributed by atoms with E-state index in [0.29, 0.717) is 6.54 Å². The summed E-state index contributed by atoms with van der Waals surface area (Å²) in [6.45, 7) is 10.4. The van der Waals surface area contributed by atoms with E-state index in [-0.39, 0.29) is 11.8 Å². The molecule has 19 heavy (non-hydrogen) atoms. The molecule has 0 bridgehead atoms. The van der Waals surface area contributed by atoms with Crippen LogP contribution in [-0.2, 0) is 4.79 Å². The summed E-state index contributed by atoms with van der Waals surface area (Å²) >= 11 is 0. The third-order valence-electron chi connectivity index (χ3n) is 3.40. The molecular formula is C15H25N3O. The molecule has 106 valence electrons. The predicted molar refractivity (Wildman–Crippen MR) is 81.6 cm³/mol. The highest BCUT2D eigenvalue weighted by Gasteiger charge is 2.12. The second kappa shape index (κ2) is 7.14. The molecule has 0 aliphatic heterocycles. The van der Waals surface area contributed by atoms with Crippen LogP contribution in [0, 0.1) is 12.8 Å². The van der Waals surface area contributed by atoms with Crippen molar-refractivity contribution in [2.24, 2.45) is 11.7 Å². The molecular weight excluding hydrogens is 238 g/mol. The fourth-order valence-electron chi connectivity index (χ4n) is 1.94. The average Bonchev–Trinajstić information content (AvgIpc) is 2.42. The van der Waals surface area contributed by atoms with Gasteiger partial charge in [0.05, 0.1) is 0 Å². The van der Waals surface area contributed by atoms with Crippen molar-refractivity contribution in [2.45, 2.75) is 27.7 Å². The molecule has 4 nitrogen and oxygen atoms in total. The normalized spacial score (nSPS) is 12.1. The third kappa shape index (κ3) is 3.96. The van der Waals surface area contributed by atoms with E-state index < -0.39 is 0 Å². The Morgan fingerprint density at radius 2 is 2.00 bits per heavy atom. The Kier molecular flexibility index (Phi) is 5.83. The lowest BCUT2D eigenvalue weighted by Gasteiger charge is -2.22. The molecule has 0 aliphatic carbocycles. The Bertz CT molecular complexity index is 427. The minimum atomic E-state index is -0.165. The molecule has 0 radical (unpaired) electrons. The lowest BCUT2D eigenvalue weighted by atomic mass is 10.1. The first kappa shape index (κ1) is 15.5. The molecule has 0 fully saturated rings. The molecule has 3 N–H and O–H groups in total. The van der Waals surface area contributed by atoms with Crippen LogP contribution in [0.5, 0.6) is 0 Å². The van der Waals surface area contributed by atoms with Gasteiger partial charge in [-0.15, -0.1) is 0 Å². The summed E-state index contributed by atoms with van der Waals surface area (Å²) < 4.78 is 0. The molecule has 0 aliphatic rings. The molecule has 0 saturated carbocycles. The molecule has 0 saturated heterocycles. The molecule has 1 amide bonds. The van der Waals surface area contributed by atoms with E-state index in [9.17, 15) is 4.79 Å². The standard InChI is InChI=1S/C15H25N3O/c1-5-18(6-2)13-7-8-14(11(3)9-13)17-15(19)12(4)10-16/h7-9,12H,5-6,10,16H2,1-4H3,(H,17,19). The number of carbonyl (C=O) groups is 1. The summed E-state index contributed by atoms with van der Waals surface area (Å²) in [5.74, 6) is -0.192. The van der Waals surface area contributed by atoms with Crippen molar-refractivity contribution in [3.8, 4) is 0 Å². The predicted octanol–water partition coefficient (Wildman–Crippen LogP) is 2.37. The first-order valence-electron chi connectivity index (χ1n) is 6.89. The van der Waals surface area contributed by atoms with Gasteiger partial charge in [0.2, 0.25) is 5.91 Å². The van der Waals surface area contributed by atoms with Crippen molar-refractivity contribution in [3.05, 3.63) is 23.8 Å². The minimum absolute atomic E-state index is 0.0267. The van der Waals surface area contributed by atoms with Gasteiger partial charge in [0.1, 0.15) is 0 Å². The van der Waals surface area contributed by atoms with E-state index in [2.05, 4.69) is 30.1 Å².